The van der Waals surface area contributed by atoms with Crippen molar-refractivity contribution < 1.29 is 28.6 Å². The molecule has 0 radical (unpaired) electrons. The molecule has 6 heteroatoms. The molecule has 0 heterocycles. The highest BCUT2D eigenvalue weighted by molar-refractivity contribution is 5.71. The minimum atomic E-state index is -0.777. The molecule has 0 aromatic carbocycles. The van der Waals surface area contributed by atoms with Crippen molar-refractivity contribution in [3.63, 3.8) is 0 Å². The van der Waals surface area contributed by atoms with Gasteiger partial charge in [0.25, 0.3) is 0 Å². The summed E-state index contributed by atoms with van der Waals surface area (Å²) in [5.74, 6) is -0.876. The van der Waals surface area contributed by atoms with Gasteiger partial charge in [-0.25, -0.2) is 0 Å². The molecule has 69 heavy (non-hydrogen) atoms. The lowest BCUT2D eigenvalue weighted by Gasteiger charge is -2.18. The van der Waals surface area contributed by atoms with Crippen LogP contribution < -0.4 is 0 Å². The molecule has 1 atom stereocenters. The zero-order valence-electron chi connectivity index (χ0n) is 46.1. The third-order valence-electron chi connectivity index (χ3n) is 13.3. The second kappa shape index (κ2) is 57.9. The van der Waals surface area contributed by atoms with E-state index in [0.29, 0.717) is 19.3 Å². The van der Waals surface area contributed by atoms with Gasteiger partial charge in [-0.15, -0.1) is 0 Å². The first-order chi connectivity index (χ1) is 34.0. The highest BCUT2D eigenvalue weighted by atomic mass is 16.6. The van der Waals surface area contributed by atoms with Crippen LogP contribution in [0.25, 0.3) is 0 Å². The molecule has 0 saturated heterocycles. The van der Waals surface area contributed by atoms with Crippen molar-refractivity contribution in [2.75, 3.05) is 13.2 Å². The lowest BCUT2D eigenvalue weighted by atomic mass is 10.0. The molecule has 0 spiro atoms. The van der Waals surface area contributed by atoms with Crippen LogP contribution in [0.1, 0.15) is 316 Å². The number of hydrogen-bond acceptors (Lipinski definition) is 6. The molecule has 0 aromatic rings. The summed E-state index contributed by atoms with van der Waals surface area (Å²) in [5, 5.41) is 0. The van der Waals surface area contributed by atoms with Crippen LogP contribution in [0.4, 0.5) is 0 Å². The summed E-state index contributed by atoms with van der Waals surface area (Å²) in [6.07, 6.45) is 71.0. The van der Waals surface area contributed by atoms with Gasteiger partial charge in [0.15, 0.2) is 6.10 Å². The average Bonchev–Trinajstić information content (AvgIpc) is 3.35. The van der Waals surface area contributed by atoms with Crippen molar-refractivity contribution in [1.82, 2.24) is 0 Å². The minimum Gasteiger partial charge on any atom is -0.462 e. The fourth-order valence-electron chi connectivity index (χ4n) is 8.74. The smallest absolute Gasteiger partial charge is 0.306 e. The minimum absolute atomic E-state index is 0.0767. The van der Waals surface area contributed by atoms with E-state index in [1.807, 2.05) is 0 Å². The first kappa shape index (κ1) is 66.4. The van der Waals surface area contributed by atoms with Crippen LogP contribution in [0.5, 0.6) is 0 Å². The Morgan fingerprint density at radius 2 is 0.522 bits per heavy atom. The molecule has 0 N–H and O–H groups in total. The van der Waals surface area contributed by atoms with Gasteiger partial charge in [0.05, 0.1) is 0 Å². The van der Waals surface area contributed by atoms with Gasteiger partial charge in [0.1, 0.15) is 13.2 Å². The number of esters is 3. The van der Waals surface area contributed by atoms with E-state index in [1.165, 1.54) is 193 Å². The van der Waals surface area contributed by atoms with Gasteiger partial charge in [-0.05, 0) is 83.5 Å². The molecule has 0 bridgehead atoms. The van der Waals surface area contributed by atoms with Crippen LogP contribution >= 0.6 is 0 Å². The molecule has 6 nitrogen and oxygen atoms in total. The van der Waals surface area contributed by atoms with Gasteiger partial charge in [-0.1, -0.05) is 262 Å². The lowest BCUT2D eigenvalue weighted by Crippen LogP contribution is -2.30. The monoisotopic (exact) mass is 967 g/mol. The van der Waals surface area contributed by atoms with E-state index in [4.69, 9.17) is 14.2 Å². The molecule has 1 unspecified atom stereocenters. The maximum Gasteiger partial charge on any atom is 0.306 e. The summed E-state index contributed by atoms with van der Waals surface area (Å²) in [5.41, 5.74) is 0. The number of carbonyl (C=O) groups excluding carboxylic acids is 3. The molecule has 0 aliphatic heterocycles. The average molecular weight is 968 g/mol. The predicted molar refractivity (Wildman–Crippen MR) is 298 cm³/mol. The molecule has 0 fully saturated rings. The van der Waals surface area contributed by atoms with E-state index in [-0.39, 0.29) is 31.1 Å². The van der Waals surface area contributed by atoms with E-state index >= 15 is 0 Å². The maximum absolute atomic E-state index is 12.9. The Hall–Kier alpha value is -2.63. The molecule has 0 aliphatic rings. The second-order valence-corrected chi connectivity index (χ2v) is 20.3. The number of rotatable bonds is 55. The normalized spacial score (nSPS) is 12.3. The molecule has 402 valence electrons. The summed E-state index contributed by atoms with van der Waals surface area (Å²) < 4.78 is 16.9. The van der Waals surface area contributed by atoms with Crippen molar-refractivity contribution in [3.8, 4) is 0 Å². The largest absolute Gasteiger partial charge is 0.462 e. The summed E-state index contributed by atoms with van der Waals surface area (Å²) in [7, 11) is 0. The summed E-state index contributed by atoms with van der Waals surface area (Å²) in [6.45, 7) is 6.63. The van der Waals surface area contributed by atoms with Gasteiger partial charge >= 0.3 is 17.9 Å². The number of unbranched alkanes of at least 4 members (excludes halogenated alkanes) is 36. The fourth-order valence-corrected chi connectivity index (χ4v) is 8.74. The van der Waals surface area contributed by atoms with Gasteiger partial charge in [-0.3, -0.25) is 14.4 Å². The molecule has 0 saturated carbocycles. The molecular weight excluding hydrogens is 853 g/mol. The summed E-state index contributed by atoms with van der Waals surface area (Å²) >= 11 is 0. The SMILES string of the molecule is CCCCC/C=C\CCCCCCCC(=O)OCC(COC(=O)CCCCCCCCCC/C=C\C/C=C\C/C=C\CCCCCCC)OC(=O)CCCCCCCCCCCCCCCCCC. The standard InChI is InChI=1S/C63H114O6/c1-4-7-10-13-16-19-22-25-27-29-30-31-32-33-34-35-37-38-41-44-47-50-53-56-62(65)68-59-60(58-67-61(64)55-52-49-46-43-40-24-21-18-15-12-9-6-3)69-63(66)57-54-51-48-45-42-39-36-28-26-23-20-17-14-11-8-5-2/h18,21-22,25,29-30,32-33,60H,4-17,19-20,23-24,26-28,31,34-59H2,1-3H3/b21-18-,25-22-,30-29-,33-32-. The Bertz CT molecular complexity index is 1200. The van der Waals surface area contributed by atoms with Crippen molar-refractivity contribution >= 4 is 17.9 Å². The van der Waals surface area contributed by atoms with Crippen LogP contribution in [-0.4, -0.2) is 37.2 Å². The van der Waals surface area contributed by atoms with Crippen molar-refractivity contribution in [2.45, 2.75) is 322 Å². The molecule has 0 aromatic heterocycles. The first-order valence-corrected chi connectivity index (χ1v) is 30.1. The first-order valence-electron chi connectivity index (χ1n) is 30.1. The van der Waals surface area contributed by atoms with Crippen LogP contribution in [0.3, 0.4) is 0 Å². The molecular formula is C63H114O6. The van der Waals surface area contributed by atoms with Gasteiger partial charge in [0.2, 0.25) is 0 Å². The summed E-state index contributed by atoms with van der Waals surface area (Å²) in [6, 6.07) is 0. The van der Waals surface area contributed by atoms with Crippen molar-refractivity contribution in [1.29, 1.82) is 0 Å². The third kappa shape index (κ3) is 56.2. The van der Waals surface area contributed by atoms with E-state index in [9.17, 15) is 14.4 Å². The quantitative estimate of drug-likeness (QED) is 0.0262. The Morgan fingerprint density at radius 3 is 0.855 bits per heavy atom. The Balaban J connectivity index is 4.30. The van der Waals surface area contributed by atoms with Crippen molar-refractivity contribution in [2.24, 2.45) is 0 Å². The van der Waals surface area contributed by atoms with Gasteiger partial charge in [0, 0.05) is 19.3 Å². The molecule has 0 rings (SSSR count). The lowest BCUT2D eigenvalue weighted by molar-refractivity contribution is -0.167. The van der Waals surface area contributed by atoms with E-state index in [0.717, 1.165) is 83.5 Å². The highest BCUT2D eigenvalue weighted by Gasteiger charge is 2.19. The van der Waals surface area contributed by atoms with E-state index in [1.54, 1.807) is 0 Å². The van der Waals surface area contributed by atoms with Crippen LogP contribution in [0.2, 0.25) is 0 Å². The number of carbonyl (C=O) groups is 3. The van der Waals surface area contributed by atoms with Crippen LogP contribution in [-0.2, 0) is 28.6 Å². The number of allylic oxidation sites excluding steroid dienone is 8. The Morgan fingerprint density at radius 1 is 0.290 bits per heavy atom. The zero-order chi connectivity index (χ0) is 50.0. The van der Waals surface area contributed by atoms with Crippen LogP contribution in [0, 0.1) is 0 Å². The maximum atomic E-state index is 12.9. The fraction of sp³-hybridized carbons (Fsp3) is 0.825. The zero-order valence-corrected chi connectivity index (χ0v) is 46.1. The molecule has 0 aliphatic carbocycles. The predicted octanol–water partition coefficient (Wildman–Crippen LogP) is 20.2. The second-order valence-electron chi connectivity index (χ2n) is 20.3. The van der Waals surface area contributed by atoms with Crippen molar-refractivity contribution in [3.05, 3.63) is 48.6 Å². The van der Waals surface area contributed by atoms with Gasteiger partial charge < -0.3 is 14.2 Å². The summed E-state index contributed by atoms with van der Waals surface area (Å²) in [4.78, 5) is 38.2. The Kier molecular flexibility index (Phi) is 55.7. The number of hydrogen-bond donors (Lipinski definition) is 0. The molecule has 0 amide bonds. The Labute approximate surface area is 428 Å². The third-order valence-corrected chi connectivity index (χ3v) is 13.3. The topological polar surface area (TPSA) is 78.9 Å². The number of ether oxygens (including phenoxy) is 3. The van der Waals surface area contributed by atoms with Crippen LogP contribution in [0.15, 0.2) is 48.6 Å². The van der Waals surface area contributed by atoms with E-state index in [2.05, 4.69) is 69.4 Å². The van der Waals surface area contributed by atoms with E-state index < -0.39 is 6.10 Å². The highest BCUT2D eigenvalue weighted by Crippen LogP contribution is 2.16. The van der Waals surface area contributed by atoms with Gasteiger partial charge in [-0.2, -0.15) is 0 Å².